The van der Waals surface area contributed by atoms with E-state index in [4.69, 9.17) is 5.11 Å². The highest BCUT2D eigenvalue weighted by molar-refractivity contribution is 7.84. The second-order valence-electron chi connectivity index (χ2n) is 2.21. The quantitative estimate of drug-likeness (QED) is 0.506. The Bertz CT molecular complexity index is 258. The average Bonchev–Trinajstić information content (AvgIpc) is 1.93. The molecule has 0 aliphatic carbocycles. The molecule has 0 bridgehead atoms. The third kappa shape index (κ3) is 2.18. The Kier molecular flexibility index (Phi) is 2.17. The molecule has 0 amide bonds. The molecule has 1 saturated heterocycles. The minimum absolute atomic E-state index is 0.0183. The van der Waals surface area contributed by atoms with Crippen LogP contribution in [-0.4, -0.2) is 26.2 Å². The summed E-state index contributed by atoms with van der Waals surface area (Å²) in [6, 6.07) is 0. The molecule has 1 unspecified atom stereocenters. The predicted octanol–water partition coefficient (Wildman–Crippen LogP) is -0.884. The Hall–Kier alpha value is -0.590. The van der Waals surface area contributed by atoms with Crippen LogP contribution in [0.3, 0.4) is 0 Å². The molecule has 6 heteroatoms. The van der Waals surface area contributed by atoms with E-state index in [1.165, 1.54) is 0 Å². The first-order valence-corrected chi connectivity index (χ1v) is 4.46. The molecule has 0 saturated carbocycles. The summed E-state index contributed by atoms with van der Waals surface area (Å²) in [7, 11) is -3.71. The molecule has 5 nitrogen and oxygen atoms in total. The second kappa shape index (κ2) is 2.80. The molecule has 1 fully saturated rings. The van der Waals surface area contributed by atoms with Crippen LogP contribution in [0.2, 0.25) is 0 Å². The predicted molar refractivity (Wildman–Crippen MR) is 37.8 cm³/mol. The zero-order chi connectivity index (χ0) is 8.48. The van der Waals surface area contributed by atoms with Crippen molar-refractivity contribution in [2.24, 2.45) is 0 Å². The third-order valence-corrected chi connectivity index (χ3v) is 2.28. The minimum Gasteiger partial charge on any atom is -0.387 e. The standard InChI is InChI=1S/C5H9NO4S/c1-4-5(7)2-3-10-11(8,9)6-4/h5-7H,1-3H2. The molecule has 64 valence electrons. The zero-order valence-corrected chi connectivity index (χ0v) is 6.60. The van der Waals surface area contributed by atoms with Crippen LogP contribution in [0.15, 0.2) is 12.3 Å². The van der Waals surface area contributed by atoms with Crippen molar-refractivity contribution in [2.75, 3.05) is 6.61 Å². The van der Waals surface area contributed by atoms with Crippen LogP contribution in [0.4, 0.5) is 0 Å². The SMILES string of the molecule is C=C1NS(=O)(=O)OCCC1O. The Morgan fingerprint density at radius 2 is 2.36 bits per heavy atom. The summed E-state index contributed by atoms with van der Waals surface area (Å²) in [6.07, 6.45) is -0.613. The largest absolute Gasteiger partial charge is 0.387 e. The fourth-order valence-corrected chi connectivity index (χ4v) is 1.53. The van der Waals surface area contributed by atoms with Crippen LogP contribution >= 0.6 is 0 Å². The summed E-state index contributed by atoms with van der Waals surface area (Å²) in [6.45, 7) is 3.31. The maximum Gasteiger partial charge on any atom is 0.359 e. The van der Waals surface area contributed by atoms with Crippen LogP contribution in [0.1, 0.15) is 6.42 Å². The van der Waals surface area contributed by atoms with Gasteiger partial charge in [-0.3, -0.25) is 8.91 Å². The molecule has 1 aliphatic rings. The van der Waals surface area contributed by atoms with E-state index >= 15 is 0 Å². The van der Waals surface area contributed by atoms with E-state index in [0.29, 0.717) is 0 Å². The normalized spacial score (nSPS) is 30.6. The van der Waals surface area contributed by atoms with E-state index in [9.17, 15) is 8.42 Å². The van der Waals surface area contributed by atoms with Gasteiger partial charge in [0.25, 0.3) is 0 Å². The van der Waals surface area contributed by atoms with Gasteiger partial charge < -0.3 is 5.11 Å². The lowest BCUT2D eigenvalue weighted by atomic mass is 10.2. The van der Waals surface area contributed by atoms with Gasteiger partial charge in [-0.25, -0.2) is 0 Å². The molecule has 0 spiro atoms. The van der Waals surface area contributed by atoms with Crippen molar-refractivity contribution in [1.82, 2.24) is 4.72 Å². The number of aliphatic hydroxyl groups is 1. The van der Waals surface area contributed by atoms with E-state index in [1.807, 2.05) is 4.72 Å². The zero-order valence-electron chi connectivity index (χ0n) is 5.78. The van der Waals surface area contributed by atoms with E-state index in [2.05, 4.69) is 10.8 Å². The smallest absolute Gasteiger partial charge is 0.359 e. The van der Waals surface area contributed by atoms with Crippen LogP contribution in [-0.2, 0) is 14.5 Å². The van der Waals surface area contributed by atoms with Gasteiger partial charge in [-0.05, 0) is 0 Å². The van der Waals surface area contributed by atoms with Crippen LogP contribution in [0, 0.1) is 0 Å². The van der Waals surface area contributed by atoms with Gasteiger partial charge in [-0.15, -0.1) is 0 Å². The van der Waals surface area contributed by atoms with Crippen molar-refractivity contribution in [3.05, 3.63) is 12.3 Å². The summed E-state index contributed by atoms with van der Waals surface area (Å²) in [4.78, 5) is 0. The first-order chi connectivity index (χ1) is 5.01. The molecule has 1 aliphatic heterocycles. The lowest BCUT2D eigenvalue weighted by molar-refractivity contribution is 0.178. The van der Waals surface area contributed by atoms with Crippen LogP contribution in [0.25, 0.3) is 0 Å². The van der Waals surface area contributed by atoms with Gasteiger partial charge in [0.2, 0.25) is 0 Å². The van der Waals surface area contributed by atoms with Gasteiger partial charge in [-0.2, -0.15) is 8.42 Å². The van der Waals surface area contributed by atoms with Crippen molar-refractivity contribution in [2.45, 2.75) is 12.5 Å². The van der Waals surface area contributed by atoms with Gasteiger partial charge in [-0.1, -0.05) is 6.58 Å². The molecular weight excluding hydrogens is 170 g/mol. The molecular formula is C5H9NO4S. The minimum atomic E-state index is -3.71. The van der Waals surface area contributed by atoms with Crippen molar-refractivity contribution < 1.29 is 17.7 Å². The first-order valence-electron chi connectivity index (χ1n) is 3.05. The van der Waals surface area contributed by atoms with Gasteiger partial charge in [0.05, 0.1) is 12.7 Å². The van der Waals surface area contributed by atoms with Crippen LogP contribution < -0.4 is 4.72 Å². The van der Waals surface area contributed by atoms with E-state index in [0.717, 1.165) is 0 Å². The van der Waals surface area contributed by atoms with E-state index < -0.39 is 16.4 Å². The summed E-state index contributed by atoms with van der Waals surface area (Å²) in [5, 5.41) is 9.08. The summed E-state index contributed by atoms with van der Waals surface area (Å²) in [5.41, 5.74) is 0.0579. The maximum atomic E-state index is 10.7. The van der Waals surface area contributed by atoms with Gasteiger partial charge in [0, 0.05) is 12.1 Å². The van der Waals surface area contributed by atoms with Crippen molar-refractivity contribution in [3.8, 4) is 0 Å². The lowest BCUT2D eigenvalue weighted by Crippen LogP contribution is -2.26. The average molecular weight is 179 g/mol. The summed E-state index contributed by atoms with van der Waals surface area (Å²) >= 11 is 0. The molecule has 1 heterocycles. The number of nitrogens with one attached hydrogen (secondary N) is 1. The lowest BCUT2D eigenvalue weighted by Gasteiger charge is -2.07. The molecule has 0 aromatic carbocycles. The molecule has 11 heavy (non-hydrogen) atoms. The number of aliphatic hydroxyl groups excluding tert-OH is 1. The van der Waals surface area contributed by atoms with Gasteiger partial charge in [0.1, 0.15) is 0 Å². The first kappa shape index (κ1) is 8.51. The highest BCUT2D eigenvalue weighted by atomic mass is 32.2. The topological polar surface area (TPSA) is 75.6 Å². The van der Waals surface area contributed by atoms with Crippen molar-refractivity contribution in [1.29, 1.82) is 0 Å². The number of hydrogen-bond donors (Lipinski definition) is 2. The van der Waals surface area contributed by atoms with Gasteiger partial charge >= 0.3 is 10.3 Å². The van der Waals surface area contributed by atoms with Crippen molar-refractivity contribution >= 4 is 10.3 Å². The molecule has 0 aromatic rings. The van der Waals surface area contributed by atoms with Crippen LogP contribution in [0.5, 0.6) is 0 Å². The van der Waals surface area contributed by atoms with E-state index in [-0.39, 0.29) is 18.7 Å². The highest BCUT2D eigenvalue weighted by Gasteiger charge is 2.21. The number of rotatable bonds is 0. The van der Waals surface area contributed by atoms with E-state index in [1.54, 1.807) is 0 Å². The molecule has 1 atom stereocenters. The fourth-order valence-electron chi connectivity index (χ4n) is 0.702. The summed E-state index contributed by atoms with van der Waals surface area (Å²) < 4.78 is 27.8. The third-order valence-electron chi connectivity index (χ3n) is 1.29. The Labute approximate surface area is 64.9 Å². The second-order valence-corrected chi connectivity index (χ2v) is 3.56. The number of hydrogen-bond acceptors (Lipinski definition) is 4. The monoisotopic (exact) mass is 179 g/mol. The van der Waals surface area contributed by atoms with Gasteiger partial charge in [0.15, 0.2) is 0 Å². The molecule has 0 aromatic heterocycles. The highest BCUT2D eigenvalue weighted by Crippen LogP contribution is 2.08. The Balaban J connectivity index is 2.79. The van der Waals surface area contributed by atoms with Crippen molar-refractivity contribution in [3.63, 3.8) is 0 Å². The Morgan fingerprint density at radius 3 is 3.00 bits per heavy atom. The fraction of sp³-hybridized carbons (Fsp3) is 0.600. The Morgan fingerprint density at radius 1 is 1.73 bits per heavy atom. The molecule has 2 N–H and O–H groups in total. The molecule has 0 radical (unpaired) electrons. The maximum absolute atomic E-state index is 10.7. The molecule has 1 rings (SSSR count). The summed E-state index contributed by atoms with van der Waals surface area (Å²) in [5.74, 6) is 0.